The van der Waals surface area contributed by atoms with Crippen LogP contribution >= 0.6 is 23.4 Å². The van der Waals surface area contributed by atoms with E-state index in [9.17, 15) is 4.39 Å². The predicted molar refractivity (Wildman–Crippen MR) is 64.5 cm³/mol. The van der Waals surface area contributed by atoms with Gasteiger partial charge in [-0.15, -0.1) is 0 Å². The lowest BCUT2D eigenvalue weighted by Gasteiger charge is -2.03. The van der Waals surface area contributed by atoms with Gasteiger partial charge >= 0.3 is 0 Å². The number of pyridine rings is 1. The van der Waals surface area contributed by atoms with Crippen LogP contribution in [-0.4, -0.2) is 4.98 Å². The quantitative estimate of drug-likeness (QED) is 0.825. The first-order valence-electron chi connectivity index (χ1n) is 4.69. The van der Waals surface area contributed by atoms with E-state index in [0.29, 0.717) is 20.5 Å². The first-order chi connectivity index (χ1) is 8.20. The van der Waals surface area contributed by atoms with Crippen molar-refractivity contribution in [2.75, 3.05) is 0 Å². The lowest BCUT2D eigenvalue weighted by atomic mass is 10.2. The Hall–Kier alpha value is -1.57. The number of benzene rings is 1. The smallest absolute Gasteiger partial charge is 0.138 e. The molecule has 84 valence electrons. The molecular weight excluding hydrogens is 259 g/mol. The minimum absolute atomic E-state index is 0.291. The Morgan fingerprint density at radius 3 is 2.82 bits per heavy atom. The van der Waals surface area contributed by atoms with Crippen molar-refractivity contribution in [2.45, 2.75) is 9.92 Å². The van der Waals surface area contributed by atoms with Gasteiger partial charge < -0.3 is 0 Å². The van der Waals surface area contributed by atoms with Gasteiger partial charge in [0.25, 0.3) is 0 Å². The highest BCUT2D eigenvalue weighted by atomic mass is 35.5. The van der Waals surface area contributed by atoms with E-state index < -0.39 is 5.82 Å². The number of aromatic nitrogens is 1. The number of nitrogens with zero attached hydrogens (tertiary/aromatic N) is 2. The molecule has 0 unspecified atom stereocenters. The van der Waals surface area contributed by atoms with E-state index in [-0.39, 0.29) is 0 Å². The van der Waals surface area contributed by atoms with Crippen LogP contribution in [0.4, 0.5) is 4.39 Å². The Morgan fingerprint density at radius 2 is 2.18 bits per heavy atom. The van der Waals surface area contributed by atoms with Gasteiger partial charge in [0.05, 0.1) is 16.7 Å². The summed E-state index contributed by atoms with van der Waals surface area (Å²) in [6.07, 6.45) is 1.59. The Kier molecular flexibility index (Phi) is 3.62. The fraction of sp³-hybridized carbons (Fsp3) is 0. The molecule has 1 heterocycles. The van der Waals surface area contributed by atoms with Crippen LogP contribution < -0.4 is 0 Å². The number of hydrogen-bond acceptors (Lipinski definition) is 3. The van der Waals surface area contributed by atoms with Crippen LogP contribution in [0.2, 0.25) is 5.02 Å². The van der Waals surface area contributed by atoms with Crippen LogP contribution in [0.3, 0.4) is 0 Å². The van der Waals surface area contributed by atoms with Crippen LogP contribution in [0, 0.1) is 17.1 Å². The molecule has 5 heteroatoms. The lowest BCUT2D eigenvalue weighted by Crippen LogP contribution is -1.86. The molecule has 2 rings (SSSR count). The molecule has 0 N–H and O–H groups in total. The molecule has 0 radical (unpaired) electrons. The average molecular weight is 265 g/mol. The summed E-state index contributed by atoms with van der Waals surface area (Å²) in [5.74, 6) is -0.448. The fourth-order valence-corrected chi connectivity index (χ4v) is 2.22. The van der Waals surface area contributed by atoms with Crippen LogP contribution in [0.25, 0.3) is 0 Å². The van der Waals surface area contributed by atoms with E-state index >= 15 is 0 Å². The van der Waals surface area contributed by atoms with Crippen molar-refractivity contribution in [1.29, 1.82) is 5.26 Å². The first-order valence-corrected chi connectivity index (χ1v) is 5.88. The SMILES string of the molecule is N#Cc1ccc(Sc2ncccc2Cl)c(F)c1. The minimum atomic E-state index is -0.448. The highest BCUT2D eigenvalue weighted by molar-refractivity contribution is 7.99. The summed E-state index contributed by atoms with van der Waals surface area (Å²) >= 11 is 7.06. The summed E-state index contributed by atoms with van der Waals surface area (Å²) in [5, 5.41) is 9.64. The summed E-state index contributed by atoms with van der Waals surface area (Å²) in [5.41, 5.74) is 0.291. The second-order valence-electron chi connectivity index (χ2n) is 3.15. The number of rotatable bonds is 2. The lowest BCUT2D eigenvalue weighted by molar-refractivity contribution is 0.601. The van der Waals surface area contributed by atoms with Crippen molar-refractivity contribution >= 4 is 23.4 Å². The molecule has 0 spiro atoms. The van der Waals surface area contributed by atoms with E-state index in [4.69, 9.17) is 16.9 Å². The van der Waals surface area contributed by atoms with Gasteiger partial charge in [-0.1, -0.05) is 23.4 Å². The second kappa shape index (κ2) is 5.17. The van der Waals surface area contributed by atoms with Gasteiger partial charge in [0.2, 0.25) is 0 Å². The van der Waals surface area contributed by atoms with E-state index in [1.165, 1.54) is 6.07 Å². The minimum Gasteiger partial charge on any atom is -0.248 e. The molecule has 2 nitrogen and oxygen atoms in total. The Morgan fingerprint density at radius 1 is 1.35 bits per heavy atom. The maximum Gasteiger partial charge on any atom is 0.138 e. The average Bonchev–Trinajstić information content (AvgIpc) is 2.34. The zero-order valence-corrected chi connectivity index (χ0v) is 10.1. The number of halogens is 2. The van der Waals surface area contributed by atoms with Crippen LogP contribution in [0.1, 0.15) is 5.56 Å². The largest absolute Gasteiger partial charge is 0.248 e. The molecular formula is C12H6ClFN2S. The van der Waals surface area contributed by atoms with Crippen LogP contribution in [0.15, 0.2) is 46.5 Å². The standard InChI is InChI=1S/C12H6ClFN2S/c13-9-2-1-5-16-12(9)17-11-4-3-8(7-15)6-10(11)14/h1-6H. The Labute approximate surface area is 107 Å². The van der Waals surface area contributed by atoms with Gasteiger partial charge in [0.1, 0.15) is 10.8 Å². The van der Waals surface area contributed by atoms with Crippen molar-refractivity contribution in [2.24, 2.45) is 0 Å². The zero-order chi connectivity index (χ0) is 12.3. The summed E-state index contributed by atoms with van der Waals surface area (Å²) in [6, 6.07) is 9.58. The van der Waals surface area contributed by atoms with Gasteiger partial charge in [-0.25, -0.2) is 9.37 Å². The van der Waals surface area contributed by atoms with E-state index in [0.717, 1.165) is 11.8 Å². The van der Waals surface area contributed by atoms with E-state index in [1.54, 1.807) is 30.5 Å². The molecule has 1 aromatic carbocycles. The molecule has 17 heavy (non-hydrogen) atoms. The maximum absolute atomic E-state index is 13.6. The van der Waals surface area contributed by atoms with Crippen molar-refractivity contribution in [1.82, 2.24) is 4.98 Å². The summed E-state index contributed by atoms with van der Waals surface area (Å²) < 4.78 is 13.6. The third-order valence-electron chi connectivity index (χ3n) is 1.99. The molecule has 0 fully saturated rings. The van der Waals surface area contributed by atoms with Gasteiger partial charge in [0, 0.05) is 11.1 Å². The molecule has 1 aromatic heterocycles. The molecule has 0 saturated carbocycles. The van der Waals surface area contributed by atoms with Gasteiger partial charge in [-0.05, 0) is 30.3 Å². The van der Waals surface area contributed by atoms with Gasteiger partial charge in [-0.3, -0.25) is 0 Å². The van der Waals surface area contributed by atoms with E-state index in [2.05, 4.69) is 4.98 Å². The van der Waals surface area contributed by atoms with Gasteiger partial charge in [-0.2, -0.15) is 5.26 Å². The molecule has 0 aliphatic heterocycles. The topological polar surface area (TPSA) is 36.7 Å². The summed E-state index contributed by atoms with van der Waals surface area (Å²) in [4.78, 5) is 4.45. The fourth-order valence-electron chi connectivity index (χ4n) is 1.20. The summed E-state index contributed by atoms with van der Waals surface area (Å²) in [7, 11) is 0. The Balaban J connectivity index is 2.32. The molecule has 0 aliphatic carbocycles. The third kappa shape index (κ3) is 2.76. The normalized spacial score (nSPS) is 9.94. The monoisotopic (exact) mass is 264 g/mol. The number of nitriles is 1. The first kappa shape index (κ1) is 11.9. The molecule has 0 bridgehead atoms. The van der Waals surface area contributed by atoms with Crippen molar-refractivity contribution in [3.63, 3.8) is 0 Å². The Bertz CT molecular complexity index is 595. The van der Waals surface area contributed by atoms with Gasteiger partial charge in [0.15, 0.2) is 0 Å². The number of hydrogen-bond donors (Lipinski definition) is 0. The molecule has 0 amide bonds. The van der Waals surface area contributed by atoms with Crippen molar-refractivity contribution in [3.05, 3.63) is 52.9 Å². The van der Waals surface area contributed by atoms with E-state index in [1.807, 2.05) is 6.07 Å². The molecule has 0 aliphatic rings. The zero-order valence-electron chi connectivity index (χ0n) is 8.52. The molecule has 0 atom stereocenters. The van der Waals surface area contributed by atoms with Crippen molar-refractivity contribution in [3.8, 4) is 6.07 Å². The predicted octanol–water partition coefficient (Wildman–Crippen LogP) is 3.90. The van der Waals surface area contributed by atoms with Crippen LogP contribution in [-0.2, 0) is 0 Å². The maximum atomic E-state index is 13.6. The summed E-state index contributed by atoms with van der Waals surface area (Å²) in [6.45, 7) is 0. The molecule has 2 aromatic rings. The van der Waals surface area contributed by atoms with Crippen molar-refractivity contribution < 1.29 is 4.39 Å². The highest BCUT2D eigenvalue weighted by Gasteiger charge is 2.08. The van der Waals surface area contributed by atoms with Crippen LogP contribution in [0.5, 0.6) is 0 Å². The second-order valence-corrected chi connectivity index (χ2v) is 4.59. The third-order valence-corrected chi connectivity index (χ3v) is 3.48. The molecule has 0 saturated heterocycles. The highest BCUT2D eigenvalue weighted by Crippen LogP contribution is 2.32.